The maximum Gasteiger partial charge on any atom is 0.255 e. The number of carbonyl (C=O) groups is 1. The predicted octanol–water partition coefficient (Wildman–Crippen LogP) is 2.18. The van der Waals surface area contributed by atoms with Crippen molar-refractivity contribution in [2.24, 2.45) is 0 Å². The van der Waals surface area contributed by atoms with Gasteiger partial charge in [0.2, 0.25) is 0 Å². The minimum absolute atomic E-state index is 0.0515. The van der Waals surface area contributed by atoms with Crippen molar-refractivity contribution < 1.29 is 4.79 Å². The van der Waals surface area contributed by atoms with Crippen molar-refractivity contribution in [3.05, 3.63) is 54.0 Å². The summed E-state index contributed by atoms with van der Waals surface area (Å²) in [6, 6.07) is 7.41. The van der Waals surface area contributed by atoms with E-state index in [1.165, 1.54) is 0 Å². The number of anilines is 1. The molecule has 0 aliphatic rings. The van der Waals surface area contributed by atoms with Crippen LogP contribution in [-0.2, 0) is 6.54 Å². The second-order valence-electron chi connectivity index (χ2n) is 4.48. The van der Waals surface area contributed by atoms with Gasteiger partial charge in [-0.3, -0.25) is 9.78 Å². The highest BCUT2D eigenvalue weighted by atomic mass is 16.2. The van der Waals surface area contributed by atoms with Crippen LogP contribution in [0.2, 0.25) is 0 Å². The molecule has 20 heavy (non-hydrogen) atoms. The molecular formula is C15H18N4O. The molecule has 0 saturated carbocycles. The third kappa shape index (κ3) is 3.54. The summed E-state index contributed by atoms with van der Waals surface area (Å²) in [5.41, 5.74) is 1.58. The summed E-state index contributed by atoms with van der Waals surface area (Å²) in [7, 11) is 1.77. The Balaban J connectivity index is 2.03. The maximum absolute atomic E-state index is 12.3. The summed E-state index contributed by atoms with van der Waals surface area (Å²) in [5.74, 6) is 0.725. The van der Waals surface area contributed by atoms with Crippen LogP contribution < -0.4 is 5.32 Å². The molecular weight excluding hydrogens is 252 g/mol. The van der Waals surface area contributed by atoms with Crippen molar-refractivity contribution in [2.45, 2.75) is 13.5 Å². The number of amides is 1. The highest BCUT2D eigenvalue weighted by Gasteiger charge is 2.12. The lowest BCUT2D eigenvalue weighted by molar-refractivity contribution is 0.0784. The molecule has 0 fully saturated rings. The Morgan fingerprint density at radius 3 is 2.75 bits per heavy atom. The van der Waals surface area contributed by atoms with E-state index in [1.54, 1.807) is 36.6 Å². The van der Waals surface area contributed by atoms with E-state index in [0.29, 0.717) is 12.1 Å². The summed E-state index contributed by atoms with van der Waals surface area (Å²) < 4.78 is 0. The van der Waals surface area contributed by atoms with Crippen LogP contribution in [-0.4, -0.2) is 34.4 Å². The average Bonchev–Trinajstić information content (AvgIpc) is 2.48. The first kappa shape index (κ1) is 14.0. The van der Waals surface area contributed by atoms with E-state index >= 15 is 0 Å². The standard InChI is InChI=1S/C15H18N4O/c1-3-17-14-7-6-13(10-18-14)15(20)19(2)11-12-5-4-8-16-9-12/h4-10H,3,11H2,1-2H3,(H,17,18). The fourth-order valence-corrected chi connectivity index (χ4v) is 1.86. The summed E-state index contributed by atoms with van der Waals surface area (Å²) in [5, 5.41) is 3.10. The molecule has 2 heterocycles. The third-order valence-corrected chi connectivity index (χ3v) is 2.86. The Morgan fingerprint density at radius 2 is 2.15 bits per heavy atom. The number of nitrogens with zero attached hydrogens (tertiary/aromatic N) is 3. The zero-order valence-corrected chi connectivity index (χ0v) is 11.7. The van der Waals surface area contributed by atoms with Crippen molar-refractivity contribution in [1.29, 1.82) is 0 Å². The van der Waals surface area contributed by atoms with Gasteiger partial charge in [-0.05, 0) is 30.7 Å². The molecule has 2 rings (SSSR count). The lowest BCUT2D eigenvalue weighted by Gasteiger charge is -2.17. The van der Waals surface area contributed by atoms with Crippen LogP contribution in [0, 0.1) is 0 Å². The SMILES string of the molecule is CCNc1ccc(C(=O)N(C)Cc2cccnc2)cn1. The largest absolute Gasteiger partial charge is 0.370 e. The van der Waals surface area contributed by atoms with Gasteiger partial charge < -0.3 is 10.2 Å². The average molecular weight is 270 g/mol. The molecule has 0 spiro atoms. The van der Waals surface area contributed by atoms with Crippen LogP contribution in [0.4, 0.5) is 5.82 Å². The van der Waals surface area contributed by atoms with Gasteiger partial charge in [-0.2, -0.15) is 0 Å². The molecule has 5 nitrogen and oxygen atoms in total. The van der Waals surface area contributed by atoms with Gasteiger partial charge in [-0.15, -0.1) is 0 Å². The molecule has 0 aliphatic carbocycles. The highest BCUT2D eigenvalue weighted by molar-refractivity contribution is 5.93. The fourth-order valence-electron chi connectivity index (χ4n) is 1.86. The Hall–Kier alpha value is -2.43. The Bertz CT molecular complexity index is 554. The zero-order valence-electron chi connectivity index (χ0n) is 11.7. The molecule has 0 aliphatic heterocycles. The molecule has 0 radical (unpaired) electrons. The van der Waals surface area contributed by atoms with Crippen LogP contribution in [0.5, 0.6) is 0 Å². The topological polar surface area (TPSA) is 58.1 Å². The predicted molar refractivity (Wildman–Crippen MR) is 78.4 cm³/mol. The van der Waals surface area contributed by atoms with Gasteiger partial charge >= 0.3 is 0 Å². The quantitative estimate of drug-likeness (QED) is 0.904. The first-order valence-corrected chi connectivity index (χ1v) is 6.55. The lowest BCUT2D eigenvalue weighted by Crippen LogP contribution is -2.26. The number of carbonyl (C=O) groups excluding carboxylic acids is 1. The van der Waals surface area contributed by atoms with E-state index in [-0.39, 0.29) is 5.91 Å². The molecule has 1 amide bonds. The molecule has 0 unspecified atom stereocenters. The van der Waals surface area contributed by atoms with Crippen LogP contribution in [0.1, 0.15) is 22.8 Å². The van der Waals surface area contributed by atoms with Crippen molar-refractivity contribution in [1.82, 2.24) is 14.9 Å². The number of rotatable bonds is 5. The minimum Gasteiger partial charge on any atom is -0.370 e. The Morgan fingerprint density at radius 1 is 1.30 bits per heavy atom. The van der Waals surface area contributed by atoms with E-state index in [1.807, 2.05) is 25.1 Å². The van der Waals surface area contributed by atoms with Gasteiger partial charge in [0.05, 0.1) is 5.56 Å². The van der Waals surface area contributed by atoms with E-state index in [4.69, 9.17) is 0 Å². The van der Waals surface area contributed by atoms with E-state index < -0.39 is 0 Å². The molecule has 0 bridgehead atoms. The Kier molecular flexibility index (Phi) is 4.65. The van der Waals surface area contributed by atoms with Crippen LogP contribution in [0.25, 0.3) is 0 Å². The molecule has 2 aromatic heterocycles. The van der Waals surface area contributed by atoms with Gasteiger partial charge in [-0.1, -0.05) is 6.07 Å². The number of hydrogen-bond acceptors (Lipinski definition) is 4. The summed E-state index contributed by atoms with van der Waals surface area (Å²) >= 11 is 0. The molecule has 1 N–H and O–H groups in total. The highest BCUT2D eigenvalue weighted by Crippen LogP contribution is 2.09. The number of nitrogens with one attached hydrogen (secondary N) is 1. The smallest absolute Gasteiger partial charge is 0.255 e. The molecule has 5 heteroatoms. The summed E-state index contributed by atoms with van der Waals surface area (Å²) in [4.78, 5) is 22.2. The van der Waals surface area contributed by atoms with Crippen LogP contribution in [0.3, 0.4) is 0 Å². The molecule has 0 aromatic carbocycles. The second kappa shape index (κ2) is 6.65. The number of aromatic nitrogens is 2. The number of pyridine rings is 2. The summed E-state index contributed by atoms with van der Waals surface area (Å²) in [6.07, 6.45) is 5.07. The van der Waals surface area contributed by atoms with Gasteiger partial charge in [0.25, 0.3) is 5.91 Å². The van der Waals surface area contributed by atoms with Gasteiger partial charge in [0, 0.05) is 38.7 Å². The zero-order chi connectivity index (χ0) is 14.4. The van der Waals surface area contributed by atoms with E-state index in [2.05, 4.69) is 15.3 Å². The number of hydrogen-bond donors (Lipinski definition) is 1. The lowest BCUT2D eigenvalue weighted by atomic mass is 10.2. The molecule has 0 atom stereocenters. The maximum atomic E-state index is 12.3. The van der Waals surface area contributed by atoms with Crippen molar-refractivity contribution in [3.8, 4) is 0 Å². The van der Waals surface area contributed by atoms with Crippen LogP contribution in [0.15, 0.2) is 42.9 Å². The Labute approximate surface area is 118 Å². The second-order valence-corrected chi connectivity index (χ2v) is 4.48. The normalized spacial score (nSPS) is 10.1. The van der Waals surface area contributed by atoms with E-state index in [9.17, 15) is 4.79 Å². The molecule has 2 aromatic rings. The van der Waals surface area contributed by atoms with Crippen molar-refractivity contribution >= 4 is 11.7 Å². The molecule has 104 valence electrons. The third-order valence-electron chi connectivity index (χ3n) is 2.86. The first-order valence-electron chi connectivity index (χ1n) is 6.55. The van der Waals surface area contributed by atoms with Crippen molar-refractivity contribution in [3.63, 3.8) is 0 Å². The minimum atomic E-state index is -0.0515. The van der Waals surface area contributed by atoms with E-state index in [0.717, 1.165) is 17.9 Å². The van der Waals surface area contributed by atoms with Crippen LogP contribution >= 0.6 is 0 Å². The fraction of sp³-hybridized carbons (Fsp3) is 0.267. The molecule has 0 saturated heterocycles. The van der Waals surface area contributed by atoms with Crippen molar-refractivity contribution in [2.75, 3.05) is 18.9 Å². The monoisotopic (exact) mass is 270 g/mol. The van der Waals surface area contributed by atoms with Gasteiger partial charge in [0.15, 0.2) is 0 Å². The summed E-state index contributed by atoms with van der Waals surface area (Å²) in [6.45, 7) is 3.34. The van der Waals surface area contributed by atoms with Gasteiger partial charge in [0.1, 0.15) is 5.82 Å². The van der Waals surface area contributed by atoms with Gasteiger partial charge in [-0.25, -0.2) is 4.98 Å². The first-order chi connectivity index (χ1) is 9.70.